The van der Waals surface area contributed by atoms with Crippen LogP contribution in [0.1, 0.15) is 25.7 Å². The van der Waals surface area contributed by atoms with Gasteiger partial charge in [0, 0.05) is 6.42 Å². The zero-order valence-corrected chi connectivity index (χ0v) is 10.1. The van der Waals surface area contributed by atoms with Crippen molar-refractivity contribution in [3.05, 3.63) is 12.2 Å². The van der Waals surface area contributed by atoms with Crippen molar-refractivity contribution >= 4 is 17.8 Å². The van der Waals surface area contributed by atoms with Crippen LogP contribution in [-0.4, -0.2) is 36.1 Å². The minimum Gasteiger partial charge on any atom is -0.481 e. The molecule has 0 aromatic rings. The molecular weight excluding hydrogens is 238 g/mol. The Hall–Kier alpha value is -1.85. The van der Waals surface area contributed by atoms with Gasteiger partial charge in [-0.15, -0.1) is 0 Å². The highest BCUT2D eigenvalue weighted by atomic mass is 16.5. The average molecular weight is 255 g/mol. The van der Waals surface area contributed by atoms with Crippen molar-refractivity contribution in [1.82, 2.24) is 5.32 Å². The first-order valence-electron chi connectivity index (χ1n) is 5.89. The first-order chi connectivity index (χ1) is 8.59. The van der Waals surface area contributed by atoms with E-state index in [9.17, 15) is 14.4 Å². The molecule has 0 fully saturated rings. The standard InChI is InChI=1S/C12H17NO5/c14-10(15)8-9-4-2-1-3-5-11(16)18-7-6-13-12(9)17/h1-2,9H,3-8H2,(H,13,17)(H,14,15)/b2-1+. The predicted octanol–water partition coefficient (Wildman–Crippen LogP) is 0.477. The molecule has 6 heteroatoms. The number of esters is 1. The number of carbonyl (C=O) groups excluding carboxylic acids is 2. The molecular formula is C12H17NO5. The Kier molecular flexibility index (Phi) is 5.90. The summed E-state index contributed by atoms with van der Waals surface area (Å²) < 4.78 is 4.88. The van der Waals surface area contributed by atoms with Gasteiger partial charge >= 0.3 is 11.9 Å². The fourth-order valence-electron chi connectivity index (χ4n) is 1.63. The molecule has 0 bridgehead atoms. The summed E-state index contributed by atoms with van der Waals surface area (Å²) in [6.07, 6.45) is 4.52. The van der Waals surface area contributed by atoms with E-state index in [0.717, 1.165) is 0 Å². The largest absolute Gasteiger partial charge is 0.481 e. The topological polar surface area (TPSA) is 92.7 Å². The van der Waals surface area contributed by atoms with Gasteiger partial charge in [0.1, 0.15) is 6.61 Å². The Balaban J connectivity index is 2.61. The molecule has 1 atom stereocenters. The molecule has 1 unspecified atom stereocenters. The monoisotopic (exact) mass is 255 g/mol. The second-order valence-corrected chi connectivity index (χ2v) is 4.05. The Morgan fingerprint density at radius 2 is 2.22 bits per heavy atom. The second kappa shape index (κ2) is 7.47. The van der Waals surface area contributed by atoms with E-state index in [1.165, 1.54) is 0 Å². The normalized spacial score (nSPS) is 24.1. The summed E-state index contributed by atoms with van der Waals surface area (Å²) in [5.74, 6) is -2.19. The van der Waals surface area contributed by atoms with Crippen molar-refractivity contribution in [2.75, 3.05) is 13.2 Å². The number of aliphatic carboxylic acids is 1. The van der Waals surface area contributed by atoms with Crippen LogP contribution in [0.2, 0.25) is 0 Å². The van der Waals surface area contributed by atoms with Crippen LogP contribution in [0.25, 0.3) is 0 Å². The summed E-state index contributed by atoms with van der Waals surface area (Å²) in [4.78, 5) is 33.5. The minimum absolute atomic E-state index is 0.119. The van der Waals surface area contributed by atoms with Crippen molar-refractivity contribution in [3.8, 4) is 0 Å². The number of allylic oxidation sites excluding steroid dienone is 2. The average Bonchev–Trinajstić information content (AvgIpc) is 2.30. The van der Waals surface area contributed by atoms with Crippen LogP contribution in [0.5, 0.6) is 0 Å². The molecule has 2 N–H and O–H groups in total. The van der Waals surface area contributed by atoms with Gasteiger partial charge in [-0.25, -0.2) is 0 Å². The summed E-state index contributed by atoms with van der Waals surface area (Å²) in [7, 11) is 0. The van der Waals surface area contributed by atoms with Gasteiger partial charge in [0.2, 0.25) is 5.91 Å². The van der Waals surface area contributed by atoms with Crippen LogP contribution in [0, 0.1) is 5.92 Å². The maximum atomic E-state index is 11.7. The number of carboxylic acid groups (broad SMARTS) is 1. The molecule has 6 nitrogen and oxygen atoms in total. The van der Waals surface area contributed by atoms with E-state index in [2.05, 4.69) is 5.32 Å². The van der Waals surface area contributed by atoms with Crippen molar-refractivity contribution in [2.24, 2.45) is 5.92 Å². The number of rotatable bonds is 2. The predicted molar refractivity (Wildman–Crippen MR) is 62.7 cm³/mol. The van der Waals surface area contributed by atoms with E-state index in [1.807, 2.05) is 0 Å². The summed E-state index contributed by atoms with van der Waals surface area (Å²) in [5.41, 5.74) is 0. The van der Waals surface area contributed by atoms with E-state index < -0.39 is 11.9 Å². The van der Waals surface area contributed by atoms with Gasteiger partial charge in [-0.3, -0.25) is 14.4 Å². The SMILES string of the molecule is O=C(O)CC1C/C=C/CCC(=O)OCCNC1=O. The Labute approximate surface area is 105 Å². The molecule has 0 spiro atoms. The molecule has 1 aliphatic rings. The highest BCUT2D eigenvalue weighted by Crippen LogP contribution is 2.11. The van der Waals surface area contributed by atoms with Crippen molar-refractivity contribution in [1.29, 1.82) is 0 Å². The molecule has 1 aliphatic heterocycles. The van der Waals surface area contributed by atoms with Crippen LogP contribution in [-0.2, 0) is 19.1 Å². The fourth-order valence-corrected chi connectivity index (χ4v) is 1.63. The Bertz CT molecular complexity index is 350. The highest BCUT2D eigenvalue weighted by molar-refractivity contribution is 5.83. The quantitative estimate of drug-likeness (QED) is 0.553. The van der Waals surface area contributed by atoms with Gasteiger partial charge in [-0.1, -0.05) is 12.2 Å². The third kappa shape index (κ3) is 5.47. The molecule has 0 aromatic heterocycles. The number of nitrogens with one attached hydrogen (secondary N) is 1. The summed E-state index contributed by atoms with van der Waals surface area (Å²) >= 11 is 0. The van der Waals surface area contributed by atoms with Gasteiger partial charge < -0.3 is 15.2 Å². The first-order valence-corrected chi connectivity index (χ1v) is 5.89. The number of ether oxygens (including phenoxy) is 1. The van der Waals surface area contributed by atoms with Crippen LogP contribution in [0.4, 0.5) is 0 Å². The molecule has 0 radical (unpaired) electrons. The van der Waals surface area contributed by atoms with Crippen LogP contribution >= 0.6 is 0 Å². The molecule has 1 heterocycles. The molecule has 0 aliphatic carbocycles. The number of hydrogen-bond acceptors (Lipinski definition) is 4. The van der Waals surface area contributed by atoms with E-state index in [-0.39, 0.29) is 31.4 Å². The molecule has 1 amide bonds. The van der Waals surface area contributed by atoms with E-state index in [1.54, 1.807) is 12.2 Å². The number of cyclic esters (lactones) is 1. The fraction of sp³-hybridized carbons (Fsp3) is 0.583. The molecule has 0 saturated carbocycles. The van der Waals surface area contributed by atoms with Crippen LogP contribution in [0.3, 0.4) is 0 Å². The second-order valence-electron chi connectivity index (χ2n) is 4.05. The Morgan fingerprint density at radius 3 is 2.94 bits per heavy atom. The molecule has 1 rings (SSSR count). The van der Waals surface area contributed by atoms with Gasteiger partial charge in [-0.05, 0) is 12.8 Å². The number of carbonyl (C=O) groups is 3. The summed E-state index contributed by atoms with van der Waals surface area (Å²) in [6.45, 7) is 0.332. The molecule has 0 saturated heterocycles. The van der Waals surface area contributed by atoms with Gasteiger partial charge in [0.15, 0.2) is 0 Å². The first kappa shape index (κ1) is 14.2. The van der Waals surface area contributed by atoms with Gasteiger partial charge in [-0.2, -0.15) is 0 Å². The smallest absolute Gasteiger partial charge is 0.306 e. The number of amides is 1. The zero-order chi connectivity index (χ0) is 13.4. The van der Waals surface area contributed by atoms with Gasteiger partial charge in [0.25, 0.3) is 0 Å². The van der Waals surface area contributed by atoms with Crippen molar-refractivity contribution in [2.45, 2.75) is 25.7 Å². The van der Waals surface area contributed by atoms with E-state index in [0.29, 0.717) is 19.3 Å². The molecule has 18 heavy (non-hydrogen) atoms. The van der Waals surface area contributed by atoms with Crippen molar-refractivity contribution in [3.63, 3.8) is 0 Å². The maximum Gasteiger partial charge on any atom is 0.306 e. The van der Waals surface area contributed by atoms with Crippen LogP contribution in [0.15, 0.2) is 12.2 Å². The third-order valence-electron chi connectivity index (χ3n) is 2.56. The highest BCUT2D eigenvalue weighted by Gasteiger charge is 2.20. The van der Waals surface area contributed by atoms with E-state index in [4.69, 9.17) is 9.84 Å². The van der Waals surface area contributed by atoms with E-state index >= 15 is 0 Å². The maximum absolute atomic E-state index is 11.7. The van der Waals surface area contributed by atoms with Crippen molar-refractivity contribution < 1.29 is 24.2 Å². The lowest BCUT2D eigenvalue weighted by molar-refractivity contribution is -0.144. The summed E-state index contributed by atoms with van der Waals surface area (Å²) in [5, 5.41) is 11.3. The lowest BCUT2D eigenvalue weighted by atomic mass is 10.00. The third-order valence-corrected chi connectivity index (χ3v) is 2.56. The van der Waals surface area contributed by atoms with Gasteiger partial charge in [0.05, 0.1) is 18.9 Å². The van der Waals surface area contributed by atoms with Crippen LogP contribution < -0.4 is 5.32 Å². The number of carboxylic acids is 1. The molecule has 0 aromatic carbocycles. The number of hydrogen-bond donors (Lipinski definition) is 2. The lowest BCUT2D eigenvalue weighted by Crippen LogP contribution is -2.34. The summed E-state index contributed by atoms with van der Waals surface area (Å²) in [6, 6.07) is 0. The molecule has 100 valence electrons. The zero-order valence-electron chi connectivity index (χ0n) is 10.1. The minimum atomic E-state index is -0.998. The lowest BCUT2D eigenvalue weighted by Gasteiger charge is -2.14. The Morgan fingerprint density at radius 1 is 1.44 bits per heavy atom.